The van der Waals surface area contributed by atoms with Crippen LogP contribution in [0.4, 0.5) is 5.13 Å². The van der Waals surface area contributed by atoms with Gasteiger partial charge in [-0.2, -0.15) is 0 Å². The second-order valence-corrected chi connectivity index (χ2v) is 9.79. The van der Waals surface area contributed by atoms with E-state index in [0.717, 1.165) is 33.0 Å². The van der Waals surface area contributed by atoms with Crippen LogP contribution in [0, 0.1) is 20.8 Å². The predicted octanol–water partition coefficient (Wildman–Crippen LogP) is 5.17. The lowest BCUT2D eigenvalue weighted by atomic mass is 10.1. The summed E-state index contributed by atoms with van der Waals surface area (Å²) in [6.07, 6.45) is 0. The lowest BCUT2D eigenvalue weighted by Crippen LogP contribution is -2.14. The minimum atomic E-state index is -0.135. The number of nitrogens with zero attached hydrogens (tertiary/aromatic N) is 4. The van der Waals surface area contributed by atoms with Crippen molar-refractivity contribution >= 4 is 34.1 Å². The van der Waals surface area contributed by atoms with Gasteiger partial charge in [-0.25, -0.2) is 4.98 Å². The minimum Gasteiger partial charge on any atom is -0.485 e. The van der Waals surface area contributed by atoms with E-state index in [1.807, 2.05) is 74.9 Å². The van der Waals surface area contributed by atoms with Gasteiger partial charge in [0.1, 0.15) is 12.4 Å². The first-order chi connectivity index (χ1) is 15.9. The Morgan fingerprint density at radius 1 is 1.12 bits per heavy atom. The molecule has 2 heterocycles. The molecule has 0 spiro atoms. The molecule has 7 nitrogen and oxygen atoms in total. The Morgan fingerprint density at radius 3 is 2.70 bits per heavy atom. The van der Waals surface area contributed by atoms with Crippen molar-refractivity contribution in [2.24, 2.45) is 7.05 Å². The fraction of sp³-hybridized carbons (Fsp3) is 0.250. The van der Waals surface area contributed by atoms with Crippen molar-refractivity contribution in [2.45, 2.75) is 32.5 Å². The standard InChI is InChI=1S/C24H25N5O2S2/c1-15-10-11-16(2)19(12-15)31-13-20-27-28-24(29(20)4)32-14-21(30)25-23-26-22(17(3)33-23)18-8-6-5-7-9-18/h5-12H,13-14H2,1-4H3,(H,25,26,30). The zero-order valence-corrected chi connectivity index (χ0v) is 20.6. The molecule has 9 heteroatoms. The Balaban J connectivity index is 1.33. The van der Waals surface area contributed by atoms with Crippen molar-refractivity contribution < 1.29 is 9.53 Å². The van der Waals surface area contributed by atoms with Gasteiger partial charge in [0.05, 0.1) is 11.4 Å². The summed E-state index contributed by atoms with van der Waals surface area (Å²) in [4.78, 5) is 18.1. The summed E-state index contributed by atoms with van der Waals surface area (Å²) in [5, 5.41) is 12.6. The number of thiazole rings is 1. The van der Waals surface area contributed by atoms with Crippen molar-refractivity contribution in [1.29, 1.82) is 0 Å². The number of anilines is 1. The minimum absolute atomic E-state index is 0.135. The maximum atomic E-state index is 12.5. The van der Waals surface area contributed by atoms with Gasteiger partial charge in [0.2, 0.25) is 5.91 Å². The van der Waals surface area contributed by atoms with E-state index in [1.165, 1.54) is 23.1 Å². The fourth-order valence-corrected chi connectivity index (χ4v) is 4.78. The average Bonchev–Trinajstić information content (AvgIpc) is 3.35. The third kappa shape index (κ3) is 5.61. The van der Waals surface area contributed by atoms with Gasteiger partial charge in [-0.1, -0.05) is 54.2 Å². The third-order valence-corrected chi connectivity index (χ3v) is 6.95. The summed E-state index contributed by atoms with van der Waals surface area (Å²) < 4.78 is 7.78. The molecule has 0 aliphatic carbocycles. The molecule has 0 unspecified atom stereocenters. The fourth-order valence-electron chi connectivity index (χ4n) is 3.20. The first kappa shape index (κ1) is 23.0. The van der Waals surface area contributed by atoms with Crippen LogP contribution in [-0.2, 0) is 18.4 Å². The molecule has 0 fully saturated rings. The maximum absolute atomic E-state index is 12.5. The Kier molecular flexibility index (Phi) is 7.10. The lowest BCUT2D eigenvalue weighted by Gasteiger charge is -2.09. The number of aryl methyl sites for hydroxylation is 3. The van der Waals surface area contributed by atoms with E-state index in [4.69, 9.17) is 4.74 Å². The SMILES string of the molecule is Cc1ccc(C)c(OCc2nnc(SCC(=O)Nc3nc(-c4ccccc4)c(C)s3)n2C)c1. The smallest absolute Gasteiger partial charge is 0.236 e. The number of aromatic nitrogens is 4. The van der Waals surface area contributed by atoms with Gasteiger partial charge in [0.15, 0.2) is 16.1 Å². The number of amides is 1. The molecule has 0 bridgehead atoms. The molecule has 0 atom stereocenters. The van der Waals surface area contributed by atoms with Crippen LogP contribution in [0.2, 0.25) is 0 Å². The lowest BCUT2D eigenvalue weighted by molar-refractivity contribution is -0.113. The molecule has 0 aliphatic heterocycles. The summed E-state index contributed by atoms with van der Waals surface area (Å²) >= 11 is 2.80. The topological polar surface area (TPSA) is 81.9 Å². The molecule has 4 rings (SSSR count). The summed E-state index contributed by atoms with van der Waals surface area (Å²) in [7, 11) is 1.87. The summed E-state index contributed by atoms with van der Waals surface area (Å²) in [6, 6.07) is 16.1. The molecule has 4 aromatic rings. The van der Waals surface area contributed by atoms with Crippen LogP contribution in [0.1, 0.15) is 21.8 Å². The van der Waals surface area contributed by atoms with E-state index in [2.05, 4.69) is 26.6 Å². The van der Waals surface area contributed by atoms with E-state index in [9.17, 15) is 4.79 Å². The summed E-state index contributed by atoms with van der Waals surface area (Å²) in [5.41, 5.74) is 4.14. The molecule has 0 aliphatic rings. The third-order valence-electron chi connectivity index (χ3n) is 5.05. The van der Waals surface area contributed by atoms with Crippen LogP contribution in [0.15, 0.2) is 53.7 Å². The van der Waals surface area contributed by atoms with Crippen molar-refractivity contribution in [2.75, 3.05) is 11.1 Å². The Bertz CT molecular complexity index is 1270. The van der Waals surface area contributed by atoms with Crippen molar-refractivity contribution in [1.82, 2.24) is 19.7 Å². The quantitative estimate of drug-likeness (QED) is 0.351. The number of hydrogen-bond donors (Lipinski definition) is 1. The highest BCUT2D eigenvalue weighted by atomic mass is 32.2. The van der Waals surface area contributed by atoms with Crippen LogP contribution in [-0.4, -0.2) is 31.4 Å². The highest BCUT2D eigenvalue weighted by Gasteiger charge is 2.15. The number of rotatable bonds is 8. The molecule has 2 aromatic carbocycles. The largest absolute Gasteiger partial charge is 0.485 e. The van der Waals surface area contributed by atoms with E-state index in [1.54, 1.807) is 0 Å². The molecular formula is C24H25N5O2S2. The monoisotopic (exact) mass is 479 g/mol. The van der Waals surface area contributed by atoms with Crippen LogP contribution >= 0.6 is 23.1 Å². The Hall–Kier alpha value is -3.17. The van der Waals surface area contributed by atoms with Crippen LogP contribution in [0.25, 0.3) is 11.3 Å². The molecule has 0 saturated heterocycles. The molecular weight excluding hydrogens is 454 g/mol. The molecule has 2 aromatic heterocycles. The second-order valence-electron chi connectivity index (χ2n) is 7.64. The highest BCUT2D eigenvalue weighted by molar-refractivity contribution is 7.99. The highest BCUT2D eigenvalue weighted by Crippen LogP contribution is 2.30. The van der Waals surface area contributed by atoms with Crippen LogP contribution < -0.4 is 10.1 Å². The first-order valence-corrected chi connectivity index (χ1v) is 12.2. The van der Waals surface area contributed by atoms with Crippen LogP contribution in [0.3, 0.4) is 0 Å². The summed E-state index contributed by atoms with van der Waals surface area (Å²) in [5.74, 6) is 1.61. The number of carbonyl (C=O) groups excluding carboxylic acids is 1. The van der Waals surface area contributed by atoms with Gasteiger partial charge >= 0.3 is 0 Å². The first-order valence-electron chi connectivity index (χ1n) is 10.4. The zero-order chi connectivity index (χ0) is 23.4. The van der Waals surface area contributed by atoms with Gasteiger partial charge in [-0.3, -0.25) is 4.79 Å². The molecule has 1 amide bonds. The Morgan fingerprint density at radius 2 is 1.91 bits per heavy atom. The zero-order valence-electron chi connectivity index (χ0n) is 19.0. The molecule has 0 saturated carbocycles. The number of nitrogens with one attached hydrogen (secondary N) is 1. The van der Waals surface area contributed by atoms with E-state index >= 15 is 0 Å². The van der Waals surface area contributed by atoms with Gasteiger partial charge < -0.3 is 14.6 Å². The predicted molar refractivity (Wildman–Crippen MR) is 133 cm³/mol. The van der Waals surface area contributed by atoms with Crippen molar-refractivity contribution in [3.8, 4) is 17.0 Å². The van der Waals surface area contributed by atoms with Crippen molar-refractivity contribution in [3.63, 3.8) is 0 Å². The number of thioether (sulfide) groups is 1. The molecule has 1 N–H and O–H groups in total. The number of benzene rings is 2. The number of ether oxygens (including phenoxy) is 1. The van der Waals surface area contributed by atoms with Crippen LogP contribution in [0.5, 0.6) is 5.75 Å². The van der Waals surface area contributed by atoms with Gasteiger partial charge in [-0.15, -0.1) is 21.5 Å². The van der Waals surface area contributed by atoms with Crippen molar-refractivity contribution in [3.05, 3.63) is 70.4 Å². The molecule has 0 radical (unpaired) electrons. The molecule has 33 heavy (non-hydrogen) atoms. The normalized spacial score (nSPS) is 10.9. The number of carbonyl (C=O) groups is 1. The average molecular weight is 480 g/mol. The van der Waals surface area contributed by atoms with E-state index in [-0.39, 0.29) is 11.7 Å². The Labute approximate surface area is 201 Å². The van der Waals surface area contributed by atoms with Gasteiger partial charge in [0.25, 0.3) is 0 Å². The van der Waals surface area contributed by atoms with E-state index < -0.39 is 0 Å². The van der Waals surface area contributed by atoms with Gasteiger partial charge in [0, 0.05) is 17.5 Å². The summed E-state index contributed by atoms with van der Waals surface area (Å²) in [6.45, 7) is 6.36. The second kappa shape index (κ2) is 10.2. The van der Waals surface area contributed by atoms with E-state index in [0.29, 0.717) is 22.7 Å². The van der Waals surface area contributed by atoms with Gasteiger partial charge in [-0.05, 0) is 38.0 Å². The molecule has 170 valence electrons. The maximum Gasteiger partial charge on any atom is 0.236 e. The number of hydrogen-bond acceptors (Lipinski definition) is 7.